The summed E-state index contributed by atoms with van der Waals surface area (Å²) in [5, 5.41) is 29.4. The van der Waals surface area contributed by atoms with Gasteiger partial charge in [0.2, 0.25) is 0 Å². The maximum atomic E-state index is 12.6. The van der Waals surface area contributed by atoms with Crippen LogP contribution in [0.15, 0.2) is 34.7 Å². The highest BCUT2D eigenvalue weighted by Gasteiger charge is 2.25. The van der Waals surface area contributed by atoms with Crippen molar-refractivity contribution < 1.29 is 48.1 Å². The summed E-state index contributed by atoms with van der Waals surface area (Å²) >= 11 is 0. The van der Waals surface area contributed by atoms with Gasteiger partial charge in [-0.3, -0.25) is 14.4 Å². The van der Waals surface area contributed by atoms with Gasteiger partial charge in [-0.25, -0.2) is 9.59 Å². The maximum absolute atomic E-state index is 12.6. The van der Waals surface area contributed by atoms with Gasteiger partial charge in [0.25, 0.3) is 0 Å². The van der Waals surface area contributed by atoms with E-state index in [4.69, 9.17) is 24.1 Å². The molecule has 2 amide bonds. The Balaban J connectivity index is 1.92. The minimum atomic E-state index is -1.07. The van der Waals surface area contributed by atoms with E-state index in [9.17, 15) is 24.0 Å². The largest absolute Gasteiger partial charge is 0.480 e. The van der Waals surface area contributed by atoms with Gasteiger partial charge in [-0.05, 0) is 33.0 Å². The van der Waals surface area contributed by atoms with Crippen molar-refractivity contribution in [1.29, 1.82) is 0 Å². The van der Waals surface area contributed by atoms with Crippen molar-refractivity contribution in [3.05, 3.63) is 36.1 Å². The van der Waals surface area contributed by atoms with Crippen LogP contribution in [0.1, 0.15) is 30.3 Å². The third-order valence-corrected chi connectivity index (χ3v) is 6.03. The van der Waals surface area contributed by atoms with Crippen LogP contribution >= 0.6 is 0 Å². The number of amides is 2. The van der Waals surface area contributed by atoms with Crippen molar-refractivity contribution >= 4 is 51.7 Å². The molecule has 0 saturated heterocycles. The molecule has 0 bridgehead atoms. The number of rotatable bonds is 13. The van der Waals surface area contributed by atoms with Crippen LogP contribution in [0.25, 0.3) is 21.7 Å². The molecule has 0 aliphatic heterocycles. The van der Waals surface area contributed by atoms with Gasteiger partial charge in [0.1, 0.15) is 12.1 Å². The van der Waals surface area contributed by atoms with Crippen molar-refractivity contribution in [3.63, 3.8) is 0 Å². The average Bonchev–Trinajstić information content (AvgIpc) is 3.36. The number of likely N-dealkylation sites (N-methyl/N-ethyl adjacent to an activating group) is 2. The van der Waals surface area contributed by atoms with Crippen molar-refractivity contribution in [2.24, 2.45) is 0 Å². The molecule has 0 saturated carbocycles. The van der Waals surface area contributed by atoms with Crippen LogP contribution < -0.4 is 30.7 Å². The molecule has 14 nitrogen and oxygen atoms in total. The smallest absolute Gasteiger partial charge is 0.412 e. The number of carboxylic acid groups (broad SMARTS) is 2. The van der Waals surface area contributed by atoms with Gasteiger partial charge in [0, 0.05) is 30.8 Å². The fraction of sp³-hybridized carbons (Fsp3) is 0.346. The van der Waals surface area contributed by atoms with Gasteiger partial charge < -0.3 is 45.4 Å². The van der Waals surface area contributed by atoms with Gasteiger partial charge in [0.15, 0.2) is 28.6 Å². The first-order valence-electron chi connectivity index (χ1n) is 12.3. The lowest BCUT2D eigenvalue weighted by Crippen LogP contribution is -2.38. The molecule has 3 rings (SSSR count). The zero-order valence-corrected chi connectivity index (χ0v) is 22.0. The Bertz CT molecular complexity index is 1340. The van der Waals surface area contributed by atoms with Crippen LogP contribution in [0.3, 0.4) is 0 Å². The van der Waals surface area contributed by atoms with Crippen molar-refractivity contribution in [3.8, 4) is 11.5 Å². The van der Waals surface area contributed by atoms with E-state index in [0.29, 0.717) is 10.8 Å². The second kappa shape index (κ2) is 13.4. The third kappa shape index (κ3) is 7.03. The summed E-state index contributed by atoms with van der Waals surface area (Å²) < 4.78 is 16.9. The molecule has 14 heteroatoms. The number of furan rings is 1. The van der Waals surface area contributed by atoms with Crippen molar-refractivity contribution in [2.45, 2.75) is 31.8 Å². The first kappa shape index (κ1) is 29.9. The van der Waals surface area contributed by atoms with E-state index in [1.165, 1.54) is 27.1 Å². The Morgan fingerprint density at radius 3 is 1.73 bits per heavy atom. The lowest BCUT2D eigenvalue weighted by Gasteiger charge is -2.15. The number of carbonyl (C=O) groups excluding carboxylic acids is 3. The molecular weight excluding hydrogens is 528 g/mol. The fourth-order valence-electron chi connectivity index (χ4n) is 3.94. The van der Waals surface area contributed by atoms with E-state index in [0.717, 1.165) is 0 Å². The first-order chi connectivity index (χ1) is 19.1. The summed E-state index contributed by atoms with van der Waals surface area (Å²) in [6, 6.07) is 6.18. The Morgan fingerprint density at radius 1 is 0.800 bits per heavy atom. The Kier molecular flexibility index (Phi) is 10.00. The second-order valence-corrected chi connectivity index (χ2v) is 8.68. The molecule has 1 heterocycles. The van der Waals surface area contributed by atoms with Gasteiger partial charge >= 0.3 is 24.1 Å². The van der Waals surface area contributed by atoms with Gasteiger partial charge in [-0.2, -0.15) is 0 Å². The van der Waals surface area contributed by atoms with Gasteiger partial charge in [-0.1, -0.05) is 24.3 Å². The molecule has 0 aliphatic carbocycles. The molecule has 3 aromatic rings. The zero-order valence-electron chi connectivity index (χ0n) is 22.0. The van der Waals surface area contributed by atoms with Crippen molar-refractivity contribution in [1.82, 2.24) is 21.3 Å². The van der Waals surface area contributed by atoms with Gasteiger partial charge in [0.05, 0.1) is 5.39 Å². The number of fused-ring (bicyclic) bond motifs is 2. The summed E-state index contributed by atoms with van der Waals surface area (Å²) in [7, 11) is 2.98. The van der Waals surface area contributed by atoms with Crippen LogP contribution in [0.2, 0.25) is 0 Å². The lowest BCUT2D eigenvalue weighted by molar-refractivity contribution is -0.140. The lowest BCUT2D eigenvalue weighted by atomic mass is 10.1. The van der Waals surface area contributed by atoms with Crippen LogP contribution in [0, 0.1) is 0 Å². The molecule has 2 atom stereocenters. The summed E-state index contributed by atoms with van der Waals surface area (Å²) in [6.07, 6.45) is -1.58. The second-order valence-electron chi connectivity index (χ2n) is 8.68. The van der Waals surface area contributed by atoms with Crippen LogP contribution in [0.5, 0.6) is 11.5 Å². The van der Waals surface area contributed by atoms with E-state index >= 15 is 0 Å². The number of nitrogens with one attached hydrogen (secondary N) is 4. The first-order valence-corrected chi connectivity index (χ1v) is 12.3. The number of ether oxygens (including phenoxy) is 2. The Labute approximate surface area is 228 Å². The van der Waals surface area contributed by atoms with Crippen molar-refractivity contribution in [2.75, 3.05) is 27.2 Å². The molecule has 0 fully saturated rings. The SMILES string of the molecule is CN[C@@H](CCNC(=O)Oc1c2ccccc2c(OC(=O)NCC[C@H](NC)C(=O)O)c2oc(C(C)=O)cc12)C(=O)O. The topological polar surface area (TPSA) is 206 Å². The highest BCUT2D eigenvalue weighted by Crippen LogP contribution is 2.44. The number of aliphatic carboxylic acids is 2. The van der Waals surface area contributed by atoms with E-state index in [1.807, 2.05) is 0 Å². The zero-order chi connectivity index (χ0) is 29.4. The quantitative estimate of drug-likeness (QED) is 0.167. The minimum Gasteiger partial charge on any atom is -0.480 e. The maximum Gasteiger partial charge on any atom is 0.412 e. The van der Waals surface area contributed by atoms with E-state index in [1.54, 1.807) is 24.3 Å². The number of carboxylic acids is 2. The highest BCUT2D eigenvalue weighted by atomic mass is 16.6. The van der Waals surface area contributed by atoms with Crippen LogP contribution in [-0.4, -0.2) is 79.4 Å². The number of hydrogen-bond acceptors (Lipinski definition) is 10. The number of benzene rings is 2. The van der Waals surface area contributed by atoms with E-state index in [-0.39, 0.29) is 54.2 Å². The summed E-state index contributed by atoms with van der Waals surface area (Å²) in [6.45, 7) is 1.27. The molecule has 214 valence electrons. The predicted molar refractivity (Wildman–Crippen MR) is 142 cm³/mol. The Morgan fingerprint density at radius 2 is 1.27 bits per heavy atom. The summed E-state index contributed by atoms with van der Waals surface area (Å²) in [5.74, 6) is -2.63. The predicted octanol–water partition coefficient (Wildman–Crippen LogP) is 2.09. The summed E-state index contributed by atoms with van der Waals surface area (Å²) in [4.78, 5) is 59.7. The summed E-state index contributed by atoms with van der Waals surface area (Å²) in [5.41, 5.74) is -0.0263. The third-order valence-electron chi connectivity index (χ3n) is 6.03. The van der Waals surface area contributed by atoms with Crippen LogP contribution in [0.4, 0.5) is 9.59 Å². The van der Waals surface area contributed by atoms with E-state index in [2.05, 4.69) is 21.3 Å². The highest BCUT2D eigenvalue weighted by molar-refractivity contribution is 6.12. The molecule has 0 spiro atoms. The number of Topliss-reactive ketones (excluding diaryl/α,β-unsaturated/α-hetero) is 1. The molecule has 0 unspecified atom stereocenters. The standard InChI is InChI=1S/C26H30N4O10/c1-13(31)19-12-16-20(39-25(36)29-10-8-17(27-2)23(32)33)14-6-4-5-7-15(14)21(22(16)38-19)40-26(37)30-11-9-18(28-3)24(34)35/h4-7,12,17-18,27-28H,8-11H2,1-3H3,(H,29,36)(H,30,37)(H,32,33)(H,34,35)/t17-,18-/m0/s1. The number of hydrogen-bond donors (Lipinski definition) is 6. The van der Waals surface area contributed by atoms with Crippen LogP contribution in [-0.2, 0) is 9.59 Å². The molecule has 0 radical (unpaired) electrons. The number of ketones is 1. The van der Waals surface area contributed by atoms with E-state index < -0.39 is 42.0 Å². The fourth-order valence-corrected chi connectivity index (χ4v) is 3.94. The normalized spacial score (nSPS) is 12.5. The molecular formula is C26H30N4O10. The average molecular weight is 559 g/mol. The van der Waals surface area contributed by atoms with Gasteiger partial charge in [-0.15, -0.1) is 0 Å². The molecule has 1 aromatic heterocycles. The number of carbonyl (C=O) groups is 5. The molecule has 0 aliphatic rings. The minimum absolute atomic E-state index is 0.000545. The Hall–Kier alpha value is -4.69. The monoisotopic (exact) mass is 558 g/mol. The molecule has 40 heavy (non-hydrogen) atoms. The molecule has 2 aromatic carbocycles. The molecule has 6 N–H and O–H groups in total.